The number of aliphatic hydroxyl groups excluding tert-OH is 1. The lowest BCUT2D eigenvalue weighted by atomic mass is 9.98. The second-order valence-electron chi connectivity index (χ2n) is 6.93. The quantitative estimate of drug-likeness (QED) is 0.782. The SMILES string of the molecule is CC(C)(C)[Si](C)(C)OCCC(O)C1CCCC1=O. The molecule has 0 amide bonds. The molecule has 0 heterocycles. The van der Waals surface area contributed by atoms with Gasteiger partial charge in [0, 0.05) is 18.9 Å². The van der Waals surface area contributed by atoms with E-state index in [1.54, 1.807) is 0 Å². The number of rotatable bonds is 5. The predicted octanol–water partition coefficient (Wildman–Crippen LogP) is 3.13. The van der Waals surface area contributed by atoms with Gasteiger partial charge in [-0.2, -0.15) is 0 Å². The Hall–Kier alpha value is -0.193. The fourth-order valence-corrected chi connectivity index (χ4v) is 3.16. The van der Waals surface area contributed by atoms with Crippen LogP contribution in [-0.4, -0.2) is 31.9 Å². The molecule has 18 heavy (non-hydrogen) atoms. The Morgan fingerprint density at radius 2 is 2.06 bits per heavy atom. The summed E-state index contributed by atoms with van der Waals surface area (Å²) in [5, 5.41) is 10.2. The lowest BCUT2D eigenvalue weighted by Crippen LogP contribution is -2.41. The summed E-state index contributed by atoms with van der Waals surface area (Å²) in [6, 6.07) is 0. The van der Waals surface area contributed by atoms with Crippen molar-refractivity contribution in [3.8, 4) is 0 Å². The number of ketones is 1. The van der Waals surface area contributed by atoms with Crippen LogP contribution in [0.1, 0.15) is 46.5 Å². The van der Waals surface area contributed by atoms with Gasteiger partial charge in [0.05, 0.1) is 6.10 Å². The van der Waals surface area contributed by atoms with E-state index in [4.69, 9.17) is 4.43 Å². The Labute approximate surface area is 112 Å². The van der Waals surface area contributed by atoms with Gasteiger partial charge in [-0.25, -0.2) is 0 Å². The summed E-state index contributed by atoms with van der Waals surface area (Å²) in [5.74, 6) is 0.0999. The molecule has 0 bridgehead atoms. The van der Waals surface area contributed by atoms with Crippen LogP contribution in [0.25, 0.3) is 0 Å². The molecule has 2 atom stereocenters. The minimum absolute atomic E-state index is 0.131. The highest BCUT2D eigenvalue weighted by Gasteiger charge is 2.37. The Balaban J connectivity index is 2.36. The molecule has 0 saturated heterocycles. The van der Waals surface area contributed by atoms with Gasteiger partial charge in [0.1, 0.15) is 5.78 Å². The minimum atomic E-state index is -1.72. The summed E-state index contributed by atoms with van der Waals surface area (Å²) in [5.41, 5.74) is 0. The van der Waals surface area contributed by atoms with Gasteiger partial charge in [-0.05, 0) is 37.4 Å². The lowest BCUT2D eigenvalue weighted by Gasteiger charge is -2.36. The Kier molecular flexibility index (Phi) is 5.15. The zero-order valence-corrected chi connectivity index (χ0v) is 13.5. The van der Waals surface area contributed by atoms with E-state index in [0.29, 0.717) is 19.4 Å². The largest absolute Gasteiger partial charge is 0.417 e. The van der Waals surface area contributed by atoms with Crippen LogP contribution >= 0.6 is 0 Å². The molecule has 0 aromatic rings. The van der Waals surface area contributed by atoms with Crippen molar-refractivity contribution in [1.82, 2.24) is 0 Å². The van der Waals surface area contributed by atoms with Crippen LogP contribution < -0.4 is 0 Å². The molecule has 1 saturated carbocycles. The smallest absolute Gasteiger partial charge is 0.191 e. The summed E-state index contributed by atoms with van der Waals surface area (Å²) in [7, 11) is -1.72. The van der Waals surface area contributed by atoms with Gasteiger partial charge in [0.2, 0.25) is 0 Å². The van der Waals surface area contributed by atoms with E-state index >= 15 is 0 Å². The molecule has 0 aromatic heterocycles. The maximum atomic E-state index is 11.5. The highest BCUT2D eigenvalue weighted by Crippen LogP contribution is 2.36. The maximum absolute atomic E-state index is 11.5. The summed E-state index contributed by atoms with van der Waals surface area (Å²) >= 11 is 0. The van der Waals surface area contributed by atoms with Crippen molar-refractivity contribution in [3.63, 3.8) is 0 Å². The molecule has 1 aliphatic carbocycles. The predicted molar refractivity (Wildman–Crippen MR) is 76.1 cm³/mol. The van der Waals surface area contributed by atoms with Crippen molar-refractivity contribution in [3.05, 3.63) is 0 Å². The first-order valence-electron chi connectivity index (χ1n) is 7.00. The second-order valence-corrected chi connectivity index (χ2v) is 11.7. The van der Waals surface area contributed by atoms with Gasteiger partial charge in [0.15, 0.2) is 8.32 Å². The van der Waals surface area contributed by atoms with E-state index in [2.05, 4.69) is 33.9 Å². The molecule has 1 N–H and O–H groups in total. The first-order valence-corrected chi connectivity index (χ1v) is 9.91. The third kappa shape index (κ3) is 3.90. The van der Waals surface area contributed by atoms with E-state index in [-0.39, 0.29) is 16.7 Å². The molecule has 3 nitrogen and oxygen atoms in total. The minimum Gasteiger partial charge on any atom is -0.417 e. The Morgan fingerprint density at radius 3 is 2.50 bits per heavy atom. The molecular weight excluding hydrogens is 244 g/mol. The van der Waals surface area contributed by atoms with E-state index in [1.807, 2.05) is 0 Å². The molecule has 4 heteroatoms. The van der Waals surface area contributed by atoms with Crippen molar-refractivity contribution < 1.29 is 14.3 Å². The van der Waals surface area contributed by atoms with Crippen molar-refractivity contribution in [2.24, 2.45) is 5.92 Å². The van der Waals surface area contributed by atoms with Gasteiger partial charge in [-0.1, -0.05) is 20.8 Å². The molecule has 0 spiro atoms. The standard InChI is InChI=1S/C14H28O3Si/c1-14(2,3)18(4,5)17-10-9-13(16)11-7-6-8-12(11)15/h11,13,16H,6-10H2,1-5H3. The van der Waals surface area contributed by atoms with Gasteiger partial charge in [-0.3, -0.25) is 4.79 Å². The molecule has 106 valence electrons. The van der Waals surface area contributed by atoms with Crippen LogP contribution in [0.4, 0.5) is 0 Å². The molecule has 2 unspecified atom stereocenters. The number of hydrogen-bond acceptors (Lipinski definition) is 3. The number of Topliss-reactive ketones (excluding diaryl/α,β-unsaturated/α-hetero) is 1. The monoisotopic (exact) mass is 272 g/mol. The second kappa shape index (κ2) is 5.84. The number of carbonyl (C=O) groups is 1. The molecule has 0 radical (unpaired) electrons. The summed E-state index contributed by atoms with van der Waals surface area (Å²) in [4.78, 5) is 11.5. The number of aliphatic hydroxyl groups is 1. The first kappa shape index (κ1) is 15.9. The average Bonchev–Trinajstić information content (AvgIpc) is 2.62. The highest BCUT2D eigenvalue weighted by molar-refractivity contribution is 6.74. The fourth-order valence-electron chi connectivity index (χ4n) is 2.10. The summed E-state index contributed by atoms with van der Waals surface area (Å²) < 4.78 is 6.03. The van der Waals surface area contributed by atoms with E-state index < -0.39 is 14.4 Å². The van der Waals surface area contributed by atoms with E-state index in [0.717, 1.165) is 12.8 Å². The molecule has 1 aliphatic rings. The zero-order valence-electron chi connectivity index (χ0n) is 12.5. The van der Waals surface area contributed by atoms with Gasteiger partial charge in [0.25, 0.3) is 0 Å². The summed E-state index contributed by atoms with van der Waals surface area (Å²) in [6.07, 6.45) is 2.50. The van der Waals surface area contributed by atoms with E-state index in [9.17, 15) is 9.90 Å². The van der Waals surface area contributed by atoms with Crippen molar-refractivity contribution in [2.75, 3.05) is 6.61 Å². The third-order valence-corrected chi connectivity index (χ3v) is 9.04. The van der Waals surface area contributed by atoms with Gasteiger partial charge >= 0.3 is 0 Å². The molecule has 0 aromatic carbocycles. The molecule has 1 fully saturated rings. The summed E-state index contributed by atoms with van der Waals surface area (Å²) in [6.45, 7) is 11.6. The highest BCUT2D eigenvalue weighted by atomic mass is 28.4. The average molecular weight is 272 g/mol. The molecule has 1 rings (SSSR count). The maximum Gasteiger partial charge on any atom is 0.191 e. The first-order chi connectivity index (χ1) is 8.15. The van der Waals surface area contributed by atoms with E-state index in [1.165, 1.54) is 0 Å². The van der Waals surface area contributed by atoms with Crippen LogP contribution in [0.15, 0.2) is 0 Å². The number of carbonyl (C=O) groups excluding carboxylic acids is 1. The number of hydrogen-bond donors (Lipinski definition) is 1. The van der Waals surface area contributed by atoms with Gasteiger partial charge in [-0.15, -0.1) is 0 Å². The van der Waals surface area contributed by atoms with Crippen LogP contribution in [0, 0.1) is 5.92 Å². The van der Waals surface area contributed by atoms with Crippen molar-refractivity contribution >= 4 is 14.1 Å². The van der Waals surface area contributed by atoms with Crippen molar-refractivity contribution in [1.29, 1.82) is 0 Å². The Bertz CT molecular complexity index is 294. The zero-order chi connectivity index (χ0) is 14.0. The normalized spacial score (nSPS) is 23.4. The van der Waals surface area contributed by atoms with Gasteiger partial charge < -0.3 is 9.53 Å². The van der Waals surface area contributed by atoms with Crippen molar-refractivity contribution in [2.45, 2.75) is 70.7 Å². The molecule has 0 aliphatic heterocycles. The van der Waals surface area contributed by atoms with Crippen LogP contribution in [-0.2, 0) is 9.22 Å². The fraction of sp³-hybridized carbons (Fsp3) is 0.929. The van der Waals surface area contributed by atoms with Crippen LogP contribution in [0.2, 0.25) is 18.1 Å². The molecular formula is C14H28O3Si. The topological polar surface area (TPSA) is 46.5 Å². The lowest BCUT2D eigenvalue weighted by molar-refractivity contribution is -0.123. The Morgan fingerprint density at radius 1 is 1.44 bits per heavy atom. The van der Waals surface area contributed by atoms with Crippen LogP contribution in [0.3, 0.4) is 0 Å². The third-order valence-electron chi connectivity index (χ3n) is 4.50. The van der Waals surface area contributed by atoms with Crippen LogP contribution in [0.5, 0.6) is 0 Å².